The second-order valence-electron chi connectivity index (χ2n) is 4.48. The van der Waals surface area contributed by atoms with Gasteiger partial charge in [-0.2, -0.15) is 0 Å². The van der Waals surface area contributed by atoms with Crippen molar-refractivity contribution in [1.82, 2.24) is 9.38 Å². The van der Waals surface area contributed by atoms with Gasteiger partial charge in [-0.15, -0.1) is 0 Å². The van der Waals surface area contributed by atoms with E-state index in [-0.39, 0.29) is 0 Å². The number of benzene rings is 1. The molecule has 0 bridgehead atoms. The van der Waals surface area contributed by atoms with E-state index in [0.29, 0.717) is 0 Å². The van der Waals surface area contributed by atoms with Gasteiger partial charge < -0.3 is 0 Å². The quantitative estimate of drug-likeness (QED) is 0.567. The molecule has 0 aliphatic heterocycles. The van der Waals surface area contributed by atoms with Crippen molar-refractivity contribution in [3.63, 3.8) is 0 Å². The second-order valence-corrected chi connectivity index (χ2v) is 4.48. The molecule has 0 spiro atoms. The molecule has 0 atom stereocenters. The standard InChI is InChI=1S/C15H12N2/c1-3-7-13-11(5-1)9-10-15-16-12-6-2-4-8-14(12)17(13)15/h2-4,6-10H,1,5H2. The van der Waals surface area contributed by atoms with Gasteiger partial charge in [-0.3, -0.25) is 4.40 Å². The van der Waals surface area contributed by atoms with Crippen LogP contribution in [0.1, 0.15) is 17.7 Å². The van der Waals surface area contributed by atoms with E-state index in [1.807, 2.05) is 6.07 Å². The smallest absolute Gasteiger partial charge is 0.138 e. The summed E-state index contributed by atoms with van der Waals surface area (Å²) in [6, 6.07) is 12.6. The van der Waals surface area contributed by atoms with Crippen molar-refractivity contribution in [2.24, 2.45) is 0 Å². The molecule has 0 saturated carbocycles. The lowest BCUT2D eigenvalue weighted by molar-refractivity contribution is 0.956. The summed E-state index contributed by atoms with van der Waals surface area (Å²) in [7, 11) is 0. The molecule has 0 amide bonds. The number of hydrogen-bond donors (Lipinski definition) is 0. The van der Waals surface area contributed by atoms with Crippen LogP contribution in [-0.2, 0) is 6.42 Å². The van der Waals surface area contributed by atoms with E-state index in [0.717, 1.165) is 24.0 Å². The van der Waals surface area contributed by atoms with Crippen LogP contribution in [0.3, 0.4) is 0 Å². The number of para-hydroxylation sites is 2. The van der Waals surface area contributed by atoms with Gasteiger partial charge in [-0.25, -0.2) is 4.98 Å². The summed E-state index contributed by atoms with van der Waals surface area (Å²) in [5.74, 6) is 0. The summed E-state index contributed by atoms with van der Waals surface area (Å²) in [5, 5.41) is 0. The van der Waals surface area contributed by atoms with Crippen molar-refractivity contribution in [2.75, 3.05) is 0 Å². The topological polar surface area (TPSA) is 17.3 Å². The number of rotatable bonds is 0. The Bertz CT molecular complexity index is 750. The minimum absolute atomic E-state index is 1.04. The van der Waals surface area contributed by atoms with Gasteiger partial charge in [0.25, 0.3) is 0 Å². The molecule has 0 N–H and O–H groups in total. The van der Waals surface area contributed by atoms with Crippen molar-refractivity contribution in [3.8, 4) is 0 Å². The van der Waals surface area contributed by atoms with Crippen molar-refractivity contribution in [1.29, 1.82) is 0 Å². The Kier molecular flexibility index (Phi) is 1.69. The molecule has 4 rings (SSSR count). The average Bonchev–Trinajstić information content (AvgIpc) is 2.77. The maximum atomic E-state index is 4.65. The first-order valence-corrected chi connectivity index (χ1v) is 5.99. The predicted octanol–water partition coefficient (Wildman–Crippen LogP) is 3.45. The molecule has 82 valence electrons. The van der Waals surface area contributed by atoms with Crippen molar-refractivity contribution < 1.29 is 0 Å². The SMILES string of the molecule is C1=Cc2c(ccc3nc4ccccc4n23)CC1. The van der Waals surface area contributed by atoms with E-state index in [4.69, 9.17) is 0 Å². The molecule has 0 radical (unpaired) electrons. The number of aryl methyl sites for hydroxylation is 1. The normalized spacial score (nSPS) is 14.4. The molecule has 0 fully saturated rings. The highest BCUT2D eigenvalue weighted by molar-refractivity contribution is 5.82. The Morgan fingerprint density at radius 1 is 1.06 bits per heavy atom. The Balaban J connectivity index is 2.25. The average molecular weight is 220 g/mol. The van der Waals surface area contributed by atoms with Crippen LogP contribution in [0.15, 0.2) is 42.5 Å². The largest absolute Gasteiger partial charge is 0.293 e. The van der Waals surface area contributed by atoms with E-state index < -0.39 is 0 Å². The fourth-order valence-corrected chi connectivity index (χ4v) is 2.64. The number of hydrogen-bond acceptors (Lipinski definition) is 1. The molecule has 0 unspecified atom stereocenters. The van der Waals surface area contributed by atoms with Crippen LogP contribution in [-0.4, -0.2) is 9.38 Å². The molecule has 1 aliphatic rings. The summed E-state index contributed by atoms with van der Waals surface area (Å²) in [6.07, 6.45) is 6.75. The summed E-state index contributed by atoms with van der Waals surface area (Å²) in [5.41, 5.74) is 6.02. The Hall–Kier alpha value is -2.09. The number of aromatic nitrogens is 2. The fourth-order valence-electron chi connectivity index (χ4n) is 2.64. The van der Waals surface area contributed by atoms with E-state index in [1.54, 1.807) is 0 Å². The molecule has 2 heterocycles. The number of imidazole rings is 1. The molecule has 1 aromatic carbocycles. The van der Waals surface area contributed by atoms with Gasteiger partial charge in [0, 0.05) is 0 Å². The molecule has 2 aromatic heterocycles. The fraction of sp³-hybridized carbons (Fsp3) is 0.133. The van der Waals surface area contributed by atoms with Gasteiger partial charge in [0.05, 0.1) is 16.7 Å². The van der Waals surface area contributed by atoms with E-state index >= 15 is 0 Å². The third kappa shape index (κ3) is 1.18. The maximum absolute atomic E-state index is 4.65. The molecule has 1 aliphatic carbocycles. The van der Waals surface area contributed by atoms with Crippen LogP contribution in [0.2, 0.25) is 0 Å². The molecule has 17 heavy (non-hydrogen) atoms. The van der Waals surface area contributed by atoms with E-state index in [2.05, 4.69) is 51.9 Å². The lowest BCUT2D eigenvalue weighted by Gasteiger charge is -2.12. The van der Waals surface area contributed by atoms with Crippen LogP contribution in [0.4, 0.5) is 0 Å². The third-order valence-electron chi connectivity index (χ3n) is 3.45. The Labute approximate surface area is 99.2 Å². The summed E-state index contributed by atoms with van der Waals surface area (Å²) in [4.78, 5) is 4.65. The zero-order chi connectivity index (χ0) is 11.2. The second kappa shape index (κ2) is 3.20. The van der Waals surface area contributed by atoms with Crippen molar-refractivity contribution >= 4 is 22.8 Å². The van der Waals surface area contributed by atoms with Gasteiger partial charge in [0.2, 0.25) is 0 Å². The number of fused-ring (bicyclic) bond motifs is 5. The van der Waals surface area contributed by atoms with Crippen LogP contribution in [0.5, 0.6) is 0 Å². The number of allylic oxidation sites excluding steroid dienone is 1. The van der Waals surface area contributed by atoms with Gasteiger partial charge in [-0.1, -0.05) is 24.3 Å². The zero-order valence-corrected chi connectivity index (χ0v) is 9.43. The molecule has 2 heteroatoms. The highest BCUT2D eigenvalue weighted by Crippen LogP contribution is 2.25. The van der Waals surface area contributed by atoms with Crippen molar-refractivity contribution in [2.45, 2.75) is 12.8 Å². The Morgan fingerprint density at radius 3 is 3.00 bits per heavy atom. The molecular formula is C15H12N2. The lowest BCUT2D eigenvalue weighted by Crippen LogP contribution is -2.01. The highest BCUT2D eigenvalue weighted by atomic mass is 15.0. The van der Waals surface area contributed by atoms with E-state index in [1.165, 1.54) is 16.8 Å². The summed E-state index contributed by atoms with van der Waals surface area (Å²) >= 11 is 0. The maximum Gasteiger partial charge on any atom is 0.138 e. The summed E-state index contributed by atoms with van der Waals surface area (Å²) in [6.45, 7) is 0. The Morgan fingerprint density at radius 2 is 2.00 bits per heavy atom. The van der Waals surface area contributed by atoms with Gasteiger partial charge in [-0.05, 0) is 42.7 Å². The predicted molar refractivity (Wildman–Crippen MR) is 70.1 cm³/mol. The number of nitrogens with zero attached hydrogens (tertiary/aromatic N) is 2. The highest BCUT2D eigenvalue weighted by Gasteiger charge is 2.11. The first kappa shape index (κ1) is 8.99. The van der Waals surface area contributed by atoms with Gasteiger partial charge >= 0.3 is 0 Å². The lowest BCUT2D eigenvalue weighted by atomic mass is 10.0. The van der Waals surface area contributed by atoms with Gasteiger partial charge in [0.15, 0.2) is 0 Å². The molecular weight excluding hydrogens is 208 g/mol. The number of pyridine rings is 1. The van der Waals surface area contributed by atoms with Crippen LogP contribution in [0.25, 0.3) is 22.8 Å². The van der Waals surface area contributed by atoms with Crippen molar-refractivity contribution in [3.05, 3.63) is 53.7 Å². The van der Waals surface area contributed by atoms with E-state index in [9.17, 15) is 0 Å². The zero-order valence-electron chi connectivity index (χ0n) is 9.43. The molecule has 0 saturated heterocycles. The monoisotopic (exact) mass is 220 g/mol. The van der Waals surface area contributed by atoms with Gasteiger partial charge in [0.1, 0.15) is 5.65 Å². The van der Waals surface area contributed by atoms with Crippen LogP contribution in [0, 0.1) is 0 Å². The van der Waals surface area contributed by atoms with Crippen LogP contribution < -0.4 is 0 Å². The summed E-state index contributed by atoms with van der Waals surface area (Å²) < 4.78 is 2.26. The molecule has 2 nitrogen and oxygen atoms in total. The first-order valence-electron chi connectivity index (χ1n) is 5.99. The van der Waals surface area contributed by atoms with Crippen LogP contribution >= 0.6 is 0 Å². The minimum Gasteiger partial charge on any atom is -0.293 e. The minimum atomic E-state index is 1.04. The molecule has 3 aromatic rings. The third-order valence-corrected chi connectivity index (χ3v) is 3.45. The first-order chi connectivity index (χ1) is 8.43.